The Hall–Kier alpha value is -0.710. The molecule has 0 aliphatic carbocycles. The third-order valence-corrected chi connectivity index (χ3v) is 4.66. The number of piperazine rings is 1. The second kappa shape index (κ2) is 5.95. The summed E-state index contributed by atoms with van der Waals surface area (Å²) in [6.07, 6.45) is 2.12. The summed E-state index contributed by atoms with van der Waals surface area (Å²) >= 11 is 1.78. The summed E-state index contributed by atoms with van der Waals surface area (Å²) in [6, 6.07) is 7.11. The van der Waals surface area contributed by atoms with Gasteiger partial charge in [0, 0.05) is 48.4 Å². The number of thioether (sulfide) groups is 1. The maximum Gasteiger partial charge on any atom is 0.0424 e. The third-order valence-electron chi connectivity index (χ3n) is 3.83. The first kappa shape index (κ1) is 13.7. The Morgan fingerprint density at radius 2 is 2.17 bits per heavy atom. The number of benzene rings is 1. The molecular weight excluding hydrogens is 242 g/mol. The smallest absolute Gasteiger partial charge is 0.0424 e. The Bertz CT molecular complexity index is 408. The molecular formula is C14H23N3S. The molecule has 1 atom stereocenters. The van der Waals surface area contributed by atoms with E-state index in [1.807, 2.05) is 0 Å². The predicted molar refractivity (Wildman–Crippen MR) is 80.4 cm³/mol. The lowest BCUT2D eigenvalue weighted by Gasteiger charge is -2.40. The largest absolute Gasteiger partial charge is 0.368 e. The molecule has 1 unspecified atom stereocenters. The van der Waals surface area contributed by atoms with Gasteiger partial charge in [-0.1, -0.05) is 6.07 Å². The van der Waals surface area contributed by atoms with Crippen molar-refractivity contribution in [3.8, 4) is 0 Å². The molecule has 1 aliphatic rings. The van der Waals surface area contributed by atoms with Crippen LogP contribution in [-0.2, 0) is 6.54 Å². The van der Waals surface area contributed by atoms with Gasteiger partial charge in [0.25, 0.3) is 0 Å². The van der Waals surface area contributed by atoms with Crippen LogP contribution in [-0.4, -0.2) is 43.9 Å². The molecule has 0 aromatic heterocycles. The van der Waals surface area contributed by atoms with Crippen molar-refractivity contribution in [2.24, 2.45) is 5.73 Å². The van der Waals surface area contributed by atoms with Gasteiger partial charge in [-0.25, -0.2) is 0 Å². The quantitative estimate of drug-likeness (QED) is 0.848. The van der Waals surface area contributed by atoms with Crippen molar-refractivity contribution in [2.75, 3.05) is 37.8 Å². The highest BCUT2D eigenvalue weighted by atomic mass is 32.2. The van der Waals surface area contributed by atoms with Crippen LogP contribution in [0.1, 0.15) is 12.5 Å². The molecule has 1 aromatic rings. The van der Waals surface area contributed by atoms with Gasteiger partial charge in [-0.2, -0.15) is 0 Å². The summed E-state index contributed by atoms with van der Waals surface area (Å²) in [6.45, 7) is 6.20. The molecule has 1 fully saturated rings. The first-order valence-electron chi connectivity index (χ1n) is 6.48. The Kier molecular flexibility index (Phi) is 4.54. The van der Waals surface area contributed by atoms with Crippen molar-refractivity contribution in [3.63, 3.8) is 0 Å². The lowest BCUT2D eigenvalue weighted by Crippen LogP contribution is -2.50. The zero-order valence-electron chi connectivity index (χ0n) is 11.5. The third kappa shape index (κ3) is 2.66. The highest BCUT2D eigenvalue weighted by Gasteiger charge is 2.22. The van der Waals surface area contributed by atoms with Crippen LogP contribution in [0.5, 0.6) is 0 Å². The van der Waals surface area contributed by atoms with Crippen LogP contribution < -0.4 is 10.6 Å². The van der Waals surface area contributed by atoms with Crippen molar-refractivity contribution in [2.45, 2.75) is 24.4 Å². The average Bonchev–Trinajstić information content (AvgIpc) is 2.40. The van der Waals surface area contributed by atoms with Crippen molar-refractivity contribution in [3.05, 3.63) is 23.8 Å². The van der Waals surface area contributed by atoms with Crippen LogP contribution in [0, 0.1) is 0 Å². The summed E-state index contributed by atoms with van der Waals surface area (Å²) in [5, 5.41) is 0. The van der Waals surface area contributed by atoms with E-state index in [4.69, 9.17) is 5.73 Å². The van der Waals surface area contributed by atoms with Gasteiger partial charge < -0.3 is 15.5 Å². The fraction of sp³-hybridized carbons (Fsp3) is 0.571. The van der Waals surface area contributed by atoms with E-state index < -0.39 is 0 Å². The van der Waals surface area contributed by atoms with Crippen molar-refractivity contribution in [1.82, 2.24) is 4.90 Å². The van der Waals surface area contributed by atoms with E-state index in [1.54, 1.807) is 11.8 Å². The summed E-state index contributed by atoms with van der Waals surface area (Å²) < 4.78 is 0. The number of nitrogens with two attached hydrogens (primary N) is 1. The molecule has 2 rings (SSSR count). The molecule has 2 N–H and O–H groups in total. The minimum Gasteiger partial charge on any atom is -0.368 e. The van der Waals surface area contributed by atoms with E-state index in [1.165, 1.54) is 16.1 Å². The van der Waals surface area contributed by atoms with Crippen LogP contribution >= 0.6 is 11.8 Å². The standard InChI is InChI=1S/C14H23N3S/c1-11-10-17(8-7-16(11)2)13-5-4-6-14(18-3)12(13)9-15/h4-6,11H,7-10,15H2,1-3H3. The van der Waals surface area contributed by atoms with E-state index in [9.17, 15) is 0 Å². The average molecular weight is 265 g/mol. The van der Waals surface area contributed by atoms with Gasteiger partial charge in [0.15, 0.2) is 0 Å². The Balaban J connectivity index is 2.28. The van der Waals surface area contributed by atoms with Crippen LogP contribution in [0.4, 0.5) is 5.69 Å². The van der Waals surface area contributed by atoms with Crippen molar-refractivity contribution in [1.29, 1.82) is 0 Å². The zero-order valence-corrected chi connectivity index (χ0v) is 12.3. The van der Waals surface area contributed by atoms with Crippen molar-refractivity contribution >= 4 is 17.4 Å². The van der Waals surface area contributed by atoms with Crippen LogP contribution in [0.15, 0.2) is 23.1 Å². The maximum absolute atomic E-state index is 5.95. The van der Waals surface area contributed by atoms with Gasteiger partial charge >= 0.3 is 0 Å². The summed E-state index contributed by atoms with van der Waals surface area (Å²) in [4.78, 5) is 6.20. The molecule has 1 aromatic carbocycles. The number of likely N-dealkylation sites (N-methyl/N-ethyl adjacent to an activating group) is 1. The Morgan fingerprint density at radius 1 is 1.39 bits per heavy atom. The van der Waals surface area contributed by atoms with Crippen LogP contribution in [0.25, 0.3) is 0 Å². The fourth-order valence-corrected chi connectivity index (χ4v) is 3.16. The SMILES string of the molecule is CSc1cccc(N2CCN(C)C(C)C2)c1CN. The number of nitrogens with zero attached hydrogens (tertiary/aromatic N) is 2. The molecule has 3 nitrogen and oxygen atoms in total. The lowest BCUT2D eigenvalue weighted by molar-refractivity contribution is 0.234. The Labute approximate surface area is 114 Å². The van der Waals surface area contributed by atoms with E-state index in [-0.39, 0.29) is 0 Å². The van der Waals surface area contributed by atoms with Gasteiger partial charge in [0.2, 0.25) is 0 Å². The van der Waals surface area contributed by atoms with Gasteiger partial charge in [-0.05, 0) is 32.4 Å². The highest BCUT2D eigenvalue weighted by Crippen LogP contribution is 2.30. The van der Waals surface area contributed by atoms with E-state index in [2.05, 4.69) is 48.2 Å². The summed E-state index contributed by atoms with van der Waals surface area (Å²) in [5.41, 5.74) is 8.56. The van der Waals surface area contributed by atoms with Gasteiger partial charge in [0.1, 0.15) is 0 Å². The molecule has 0 radical (unpaired) electrons. The predicted octanol–water partition coefficient (Wildman–Crippen LogP) is 2.01. The molecule has 100 valence electrons. The highest BCUT2D eigenvalue weighted by molar-refractivity contribution is 7.98. The Morgan fingerprint density at radius 3 is 2.78 bits per heavy atom. The first-order valence-corrected chi connectivity index (χ1v) is 7.71. The molecule has 1 saturated heterocycles. The minimum absolute atomic E-state index is 0.599. The molecule has 0 amide bonds. The lowest BCUT2D eigenvalue weighted by atomic mass is 10.1. The summed E-state index contributed by atoms with van der Waals surface area (Å²) in [7, 11) is 2.20. The number of hydrogen-bond donors (Lipinski definition) is 1. The van der Waals surface area contributed by atoms with Crippen molar-refractivity contribution < 1.29 is 0 Å². The number of rotatable bonds is 3. The molecule has 1 aliphatic heterocycles. The monoisotopic (exact) mass is 265 g/mol. The minimum atomic E-state index is 0.599. The fourth-order valence-electron chi connectivity index (χ4n) is 2.51. The second-order valence-electron chi connectivity index (χ2n) is 4.94. The zero-order chi connectivity index (χ0) is 13.1. The first-order chi connectivity index (χ1) is 8.67. The van der Waals surface area contributed by atoms with E-state index in [0.29, 0.717) is 12.6 Å². The van der Waals surface area contributed by atoms with Gasteiger partial charge in [-0.15, -0.1) is 11.8 Å². The second-order valence-corrected chi connectivity index (χ2v) is 5.79. The van der Waals surface area contributed by atoms with Crippen LogP contribution in [0.2, 0.25) is 0 Å². The van der Waals surface area contributed by atoms with Crippen LogP contribution in [0.3, 0.4) is 0 Å². The van der Waals surface area contributed by atoms with E-state index in [0.717, 1.165) is 19.6 Å². The van der Waals surface area contributed by atoms with E-state index >= 15 is 0 Å². The molecule has 18 heavy (non-hydrogen) atoms. The molecule has 0 bridgehead atoms. The van der Waals surface area contributed by atoms with Gasteiger partial charge in [-0.3, -0.25) is 0 Å². The number of anilines is 1. The molecule has 0 saturated carbocycles. The molecule has 1 heterocycles. The number of hydrogen-bond acceptors (Lipinski definition) is 4. The molecule has 4 heteroatoms. The van der Waals surface area contributed by atoms with Gasteiger partial charge in [0.05, 0.1) is 0 Å². The maximum atomic E-state index is 5.95. The molecule has 0 spiro atoms. The normalized spacial score (nSPS) is 21.3. The topological polar surface area (TPSA) is 32.5 Å². The summed E-state index contributed by atoms with van der Waals surface area (Å²) in [5.74, 6) is 0.